The van der Waals surface area contributed by atoms with Crippen LogP contribution in [-0.2, 0) is 11.8 Å². The molecule has 2 aromatic carbocycles. The van der Waals surface area contributed by atoms with E-state index < -0.39 is 5.41 Å². The molecule has 0 heterocycles. The van der Waals surface area contributed by atoms with Gasteiger partial charge in [-0.25, -0.2) is 0 Å². The Bertz CT molecular complexity index is 672. The summed E-state index contributed by atoms with van der Waals surface area (Å²) in [5, 5.41) is 0. The molecule has 1 aliphatic rings. The molecule has 2 aromatic rings. The second-order valence-electron chi connectivity index (χ2n) is 6.26. The van der Waals surface area contributed by atoms with Gasteiger partial charge in [-0.2, -0.15) is 0 Å². The first-order valence-electron chi connectivity index (χ1n) is 7.43. The number of nitrogens with zero attached hydrogens (tertiary/aromatic N) is 1. The predicted octanol–water partition coefficient (Wildman–Crippen LogP) is 3.84. The smallest absolute Gasteiger partial charge is 0.173 e. The lowest BCUT2D eigenvalue weighted by Gasteiger charge is -2.34. The number of hydrogen-bond acceptors (Lipinski definition) is 2. The highest BCUT2D eigenvalue weighted by Crippen LogP contribution is 2.38. The van der Waals surface area contributed by atoms with Crippen LogP contribution in [0.25, 0.3) is 0 Å². The Morgan fingerprint density at radius 3 is 2.33 bits per heavy atom. The maximum Gasteiger partial charge on any atom is 0.173 e. The fraction of sp³-hybridized carbons (Fsp3) is 0.316. The Balaban J connectivity index is 2.00. The lowest BCUT2D eigenvalue weighted by molar-refractivity contribution is 0.0875. The summed E-state index contributed by atoms with van der Waals surface area (Å²) < 4.78 is 0. The molecule has 0 spiro atoms. The first-order valence-corrected chi connectivity index (χ1v) is 7.43. The third-order valence-electron chi connectivity index (χ3n) is 4.68. The van der Waals surface area contributed by atoms with Crippen molar-refractivity contribution in [3.63, 3.8) is 0 Å². The van der Waals surface area contributed by atoms with Gasteiger partial charge in [0.05, 0.1) is 5.41 Å². The molecule has 0 aliphatic heterocycles. The first kappa shape index (κ1) is 13.9. The van der Waals surface area contributed by atoms with Crippen molar-refractivity contribution in [2.24, 2.45) is 0 Å². The zero-order valence-electron chi connectivity index (χ0n) is 12.9. The van der Waals surface area contributed by atoms with E-state index in [1.165, 1.54) is 5.56 Å². The fourth-order valence-electron chi connectivity index (χ4n) is 3.16. The summed E-state index contributed by atoms with van der Waals surface area (Å²) in [4.78, 5) is 15.0. The molecule has 0 radical (unpaired) electrons. The van der Waals surface area contributed by atoms with Crippen LogP contribution in [0.2, 0.25) is 0 Å². The van der Waals surface area contributed by atoms with Gasteiger partial charge in [0.15, 0.2) is 5.78 Å². The van der Waals surface area contributed by atoms with E-state index in [1.807, 2.05) is 32.3 Å². The number of Topliss-reactive ketones (excluding diaryl/α,β-unsaturated/α-hetero) is 1. The average Bonchev–Trinajstić information content (AvgIpc) is 2.51. The summed E-state index contributed by atoms with van der Waals surface area (Å²) in [6.07, 6.45) is 1.85. The van der Waals surface area contributed by atoms with E-state index in [9.17, 15) is 4.79 Å². The van der Waals surface area contributed by atoms with Crippen LogP contribution < -0.4 is 4.90 Å². The molecule has 2 nitrogen and oxygen atoms in total. The van der Waals surface area contributed by atoms with Crippen LogP contribution in [0.4, 0.5) is 5.69 Å². The topological polar surface area (TPSA) is 20.3 Å². The standard InChI is InChI=1S/C19H21NO/c1-19(15-8-10-16(11-9-15)20(2)3)13-12-14-6-4-5-7-17(14)18(19)21/h4-11H,12-13H2,1-3H3. The monoisotopic (exact) mass is 279 g/mol. The summed E-state index contributed by atoms with van der Waals surface area (Å²) in [6.45, 7) is 2.08. The molecule has 0 saturated heterocycles. The van der Waals surface area contributed by atoms with E-state index in [1.54, 1.807) is 0 Å². The van der Waals surface area contributed by atoms with Crippen LogP contribution in [0, 0.1) is 0 Å². The maximum absolute atomic E-state index is 12.9. The number of hydrogen-bond donors (Lipinski definition) is 0. The molecular weight excluding hydrogens is 258 g/mol. The van der Waals surface area contributed by atoms with Crippen LogP contribution in [0.1, 0.15) is 34.8 Å². The van der Waals surface area contributed by atoms with Crippen molar-refractivity contribution in [3.05, 3.63) is 65.2 Å². The van der Waals surface area contributed by atoms with Gasteiger partial charge in [0, 0.05) is 25.3 Å². The number of aryl methyl sites for hydroxylation is 1. The van der Waals surface area contributed by atoms with Gasteiger partial charge in [-0.05, 0) is 43.0 Å². The van der Waals surface area contributed by atoms with Crippen LogP contribution >= 0.6 is 0 Å². The highest BCUT2D eigenvalue weighted by Gasteiger charge is 2.39. The zero-order valence-corrected chi connectivity index (χ0v) is 12.9. The Labute approximate surface area is 126 Å². The lowest BCUT2D eigenvalue weighted by atomic mass is 9.68. The molecule has 0 bridgehead atoms. The number of rotatable bonds is 2. The van der Waals surface area contributed by atoms with Crippen molar-refractivity contribution in [1.29, 1.82) is 0 Å². The highest BCUT2D eigenvalue weighted by atomic mass is 16.1. The average molecular weight is 279 g/mol. The molecular formula is C19H21NO. The Morgan fingerprint density at radius 1 is 1.00 bits per heavy atom. The zero-order chi connectivity index (χ0) is 15.0. The van der Waals surface area contributed by atoms with Crippen molar-refractivity contribution >= 4 is 11.5 Å². The molecule has 0 aromatic heterocycles. The molecule has 3 rings (SSSR count). The second kappa shape index (κ2) is 5.03. The first-order chi connectivity index (χ1) is 10.0. The van der Waals surface area contributed by atoms with E-state index in [0.717, 1.165) is 29.7 Å². The largest absolute Gasteiger partial charge is 0.378 e. The van der Waals surface area contributed by atoms with E-state index in [2.05, 4.69) is 42.2 Å². The van der Waals surface area contributed by atoms with Crippen LogP contribution in [0.5, 0.6) is 0 Å². The number of fused-ring (bicyclic) bond motifs is 1. The molecule has 108 valence electrons. The van der Waals surface area contributed by atoms with E-state index in [4.69, 9.17) is 0 Å². The van der Waals surface area contributed by atoms with Gasteiger partial charge in [0.2, 0.25) is 0 Å². The van der Waals surface area contributed by atoms with Crippen LogP contribution in [-0.4, -0.2) is 19.9 Å². The fourth-order valence-corrected chi connectivity index (χ4v) is 3.16. The maximum atomic E-state index is 12.9. The van der Waals surface area contributed by atoms with E-state index in [-0.39, 0.29) is 5.78 Å². The Morgan fingerprint density at radius 2 is 1.67 bits per heavy atom. The summed E-state index contributed by atoms with van der Waals surface area (Å²) in [7, 11) is 4.05. The van der Waals surface area contributed by atoms with Gasteiger partial charge in [-0.15, -0.1) is 0 Å². The third-order valence-corrected chi connectivity index (χ3v) is 4.68. The molecule has 21 heavy (non-hydrogen) atoms. The Kier molecular flexibility index (Phi) is 3.32. The van der Waals surface area contributed by atoms with E-state index in [0.29, 0.717) is 0 Å². The number of benzene rings is 2. The van der Waals surface area contributed by atoms with Crippen LogP contribution in [0.15, 0.2) is 48.5 Å². The van der Waals surface area contributed by atoms with E-state index >= 15 is 0 Å². The van der Waals surface area contributed by atoms with Crippen molar-refractivity contribution in [1.82, 2.24) is 0 Å². The summed E-state index contributed by atoms with van der Waals surface area (Å²) in [5.74, 6) is 0.252. The van der Waals surface area contributed by atoms with Gasteiger partial charge in [0.1, 0.15) is 0 Å². The van der Waals surface area contributed by atoms with Crippen molar-refractivity contribution in [2.45, 2.75) is 25.2 Å². The normalized spacial score (nSPS) is 21.0. The summed E-state index contributed by atoms with van der Waals surface area (Å²) in [6, 6.07) is 16.4. The molecule has 2 heteroatoms. The predicted molar refractivity (Wildman–Crippen MR) is 87.2 cm³/mol. The van der Waals surface area contributed by atoms with Crippen LogP contribution in [0.3, 0.4) is 0 Å². The van der Waals surface area contributed by atoms with Gasteiger partial charge in [-0.3, -0.25) is 4.79 Å². The Hall–Kier alpha value is -2.09. The third kappa shape index (κ3) is 2.25. The van der Waals surface area contributed by atoms with Crippen molar-refractivity contribution < 1.29 is 4.79 Å². The number of ketones is 1. The molecule has 0 saturated carbocycles. The second-order valence-corrected chi connectivity index (χ2v) is 6.26. The van der Waals surface area contributed by atoms with Crippen molar-refractivity contribution in [2.75, 3.05) is 19.0 Å². The van der Waals surface area contributed by atoms with Gasteiger partial charge in [-0.1, -0.05) is 36.4 Å². The quantitative estimate of drug-likeness (QED) is 0.832. The minimum Gasteiger partial charge on any atom is -0.378 e. The minimum absolute atomic E-state index is 0.252. The van der Waals surface area contributed by atoms with Gasteiger partial charge in [0.25, 0.3) is 0 Å². The molecule has 1 aliphatic carbocycles. The van der Waals surface area contributed by atoms with Crippen molar-refractivity contribution in [3.8, 4) is 0 Å². The number of carbonyl (C=O) groups excluding carboxylic acids is 1. The highest BCUT2D eigenvalue weighted by molar-refractivity contribution is 6.06. The minimum atomic E-state index is -0.404. The van der Waals surface area contributed by atoms with Gasteiger partial charge >= 0.3 is 0 Å². The molecule has 1 atom stereocenters. The molecule has 0 N–H and O–H groups in total. The lowest BCUT2D eigenvalue weighted by Crippen LogP contribution is -2.37. The number of anilines is 1. The molecule has 0 amide bonds. The SMILES string of the molecule is CN(C)c1ccc(C2(C)CCc3ccccc3C2=O)cc1. The number of carbonyl (C=O) groups is 1. The molecule has 0 fully saturated rings. The summed E-state index contributed by atoms with van der Waals surface area (Å²) in [5.41, 5.74) is 3.95. The van der Waals surface area contributed by atoms with Gasteiger partial charge < -0.3 is 4.90 Å². The molecule has 1 unspecified atom stereocenters. The summed E-state index contributed by atoms with van der Waals surface area (Å²) >= 11 is 0.